The summed E-state index contributed by atoms with van der Waals surface area (Å²) < 4.78 is 4.67. The van der Waals surface area contributed by atoms with Gasteiger partial charge in [-0.2, -0.15) is 0 Å². The van der Waals surface area contributed by atoms with E-state index in [4.69, 9.17) is 0 Å². The molecule has 1 rings (SSSR count). The first-order valence-electron chi connectivity index (χ1n) is 6.02. The van der Waals surface area contributed by atoms with E-state index >= 15 is 0 Å². The summed E-state index contributed by atoms with van der Waals surface area (Å²) in [5, 5.41) is 0. The molecule has 0 N–H and O–H groups in total. The number of ether oxygens (including phenoxy) is 1. The highest BCUT2D eigenvalue weighted by atomic mass is 16.5. The molecule has 3 heteroatoms. The van der Waals surface area contributed by atoms with Gasteiger partial charge in [-0.25, -0.2) is 0 Å². The van der Waals surface area contributed by atoms with Gasteiger partial charge in [0, 0.05) is 5.41 Å². The molecule has 18 heavy (non-hydrogen) atoms. The SMILES string of the molecule is COC(=O)C[C@@H](C(=O)C(C)(C)C)c1ccccc1. The molecule has 0 radical (unpaired) electrons. The van der Waals surface area contributed by atoms with Crippen molar-refractivity contribution in [3.8, 4) is 0 Å². The van der Waals surface area contributed by atoms with E-state index in [1.807, 2.05) is 51.1 Å². The fraction of sp³-hybridized carbons (Fsp3) is 0.467. The Labute approximate surface area is 108 Å². The molecule has 1 atom stereocenters. The molecule has 0 aliphatic heterocycles. The van der Waals surface area contributed by atoms with E-state index in [1.54, 1.807) is 0 Å². The summed E-state index contributed by atoms with van der Waals surface area (Å²) in [6, 6.07) is 9.37. The number of carbonyl (C=O) groups excluding carboxylic acids is 2. The molecule has 0 spiro atoms. The van der Waals surface area contributed by atoms with Gasteiger partial charge >= 0.3 is 5.97 Å². The van der Waals surface area contributed by atoms with E-state index in [0.29, 0.717) is 0 Å². The highest BCUT2D eigenvalue weighted by Gasteiger charge is 2.32. The molecule has 0 saturated heterocycles. The first-order chi connectivity index (χ1) is 8.36. The summed E-state index contributed by atoms with van der Waals surface area (Å²) in [6.07, 6.45) is 0.0939. The van der Waals surface area contributed by atoms with Crippen molar-refractivity contribution in [2.75, 3.05) is 7.11 Å². The van der Waals surface area contributed by atoms with Crippen LogP contribution in [0.15, 0.2) is 30.3 Å². The van der Waals surface area contributed by atoms with Crippen LogP contribution < -0.4 is 0 Å². The van der Waals surface area contributed by atoms with Gasteiger partial charge in [-0.1, -0.05) is 51.1 Å². The van der Waals surface area contributed by atoms with Crippen molar-refractivity contribution >= 4 is 11.8 Å². The number of methoxy groups -OCH3 is 1. The summed E-state index contributed by atoms with van der Waals surface area (Å²) >= 11 is 0. The van der Waals surface area contributed by atoms with Crippen molar-refractivity contribution in [3.05, 3.63) is 35.9 Å². The highest BCUT2D eigenvalue weighted by molar-refractivity contribution is 5.93. The van der Waals surface area contributed by atoms with E-state index in [2.05, 4.69) is 4.74 Å². The molecule has 3 nitrogen and oxygen atoms in total. The summed E-state index contributed by atoms with van der Waals surface area (Å²) in [6.45, 7) is 5.59. The Hall–Kier alpha value is -1.64. The first-order valence-corrected chi connectivity index (χ1v) is 6.02. The number of carbonyl (C=O) groups is 2. The average molecular weight is 248 g/mol. The third-order valence-corrected chi connectivity index (χ3v) is 2.86. The van der Waals surface area contributed by atoms with Gasteiger partial charge in [-0.05, 0) is 5.56 Å². The molecule has 0 amide bonds. The normalized spacial score (nSPS) is 12.9. The lowest BCUT2D eigenvalue weighted by molar-refractivity contribution is -0.143. The maximum Gasteiger partial charge on any atom is 0.306 e. The van der Waals surface area contributed by atoms with Crippen molar-refractivity contribution < 1.29 is 14.3 Å². The Morgan fingerprint density at radius 1 is 1.17 bits per heavy atom. The van der Waals surface area contributed by atoms with Crippen LogP contribution in [-0.4, -0.2) is 18.9 Å². The molecular formula is C15H20O3. The van der Waals surface area contributed by atoms with Gasteiger partial charge in [0.15, 0.2) is 0 Å². The summed E-state index contributed by atoms with van der Waals surface area (Å²) in [5.41, 5.74) is 0.386. The van der Waals surface area contributed by atoms with Crippen molar-refractivity contribution in [1.29, 1.82) is 0 Å². The number of hydrogen-bond donors (Lipinski definition) is 0. The fourth-order valence-corrected chi connectivity index (χ4v) is 1.82. The maximum absolute atomic E-state index is 12.4. The van der Waals surface area contributed by atoms with Crippen molar-refractivity contribution in [2.24, 2.45) is 5.41 Å². The number of ketones is 1. The minimum Gasteiger partial charge on any atom is -0.469 e. The predicted octanol–water partition coefficient (Wildman–Crippen LogP) is 2.95. The molecule has 1 aromatic rings. The molecule has 0 saturated carbocycles. The largest absolute Gasteiger partial charge is 0.469 e. The van der Waals surface area contributed by atoms with Crippen LogP contribution in [-0.2, 0) is 14.3 Å². The average Bonchev–Trinajstić information content (AvgIpc) is 2.34. The molecule has 0 aromatic heterocycles. The van der Waals surface area contributed by atoms with Crippen molar-refractivity contribution in [2.45, 2.75) is 33.1 Å². The van der Waals surface area contributed by atoms with Crippen LogP contribution in [0.2, 0.25) is 0 Å². The first kappa shape index (κ1) is 14.4. The molecule has 1 aromatic carbocycles. The van der Waals surface area contributed by atoms with Crippen LogP contribution in [0.5, 0.6) is 0 Å². The van der Waals surface area contributed by atoms with Gasteiger partial charge in [0.1, 0.15) is 5.78 Å². The Bertz CT molecular complexity index is 415. The molecule has 0 aliphatic carbocycles. The van der Waals surface area contributed by atoms with Crippen molar-refractivity contribution in [3.63, 3.8) is 0 Å². The summed E-state index contributed by atoms with van der Waals surface area (Å²) in [7, 11) is 1.34. The minimum absolute atomic E-state index is 0.0547. The number of esters is 1. The second-order valence-electron chi connectivity index (χ2n) is 5.36. The number of rotatable bonds is 4. The second kappa shape index (κ2) is 5.80. The fourth-order valence-electron chi connectivity index (χ4n) is 1.82. The molecule has 0 bridgehead atoms. The lowest BCUT2D eigenvalue weighted by Gasteiger charge is -2.24. The lowest BCUT2D eigenvalue weighted by atomic mass is 9.78. The van der Waals surface area contributed by atoms with Crippen LogP contribution in [0.4, 0.5) is 0 Å². The van der Waals surface area contributed by atoms with Crippen LogP contribution in [0.3, 0.4) is 0 Å². The van der Waals surface area contributed by atoms with Gasteiger partial charge in [0.25, 0.3) is 0 Å². The van der Waals surface area contributed by atoms with Gasteiger partial charge < -0.3 is 4.74 Å². The molecule has 0 heterocycles. The zero-order valence-corrected chi connectivity index (χ0v) is 11.4. The zero-order chi connectivity index (χ0) is 13.8. The summed E-state index contributed by atoms with van der Waals surface area (Å²) in [4.78, 5) is 23.9. The van der Waals surface area contributed by atoms with Crippen LogP contribution >= 0.6 is 0 Å². The molecule has 0 unspecified atom stereocenters. The predicted molar refractivity (Wildman–Crippen MR) is 70.3 cm³/mol. The highest BCUT2D eigenvalue weighted by Crippen LogP contribution is 2.30. The monoisotopic (exact) mass is 248 g/mol. The van der Waals surface area contributed by atoms with Gasteiger partial charge in [-0.3, -0.25) is 9.59 Å². The third-order valence-electron chi connectivity index (χ3n) is 2.86. The molecule has 0 aliphatic rings. The Morgan fingerprint density at radius 2 is 1.72 bits per heavy atom. The van der Waals surface area contributed by atoms with Crippen molar-refractivity contribution in [1.82, 2.24) is 0 Å². The smallest absolute Gasteiger partial charge is 0.306 e. The number of benzene rings is 1. The summed E-state index contributed by atoms with van der Waals surface area (Å²) in [5.74, 6) is -0.737. The quantitative estimate of drug-likeness (QED) is 0.769. The number of hydrogen-bond acceptors (Lipinski definition) is 3. The van der Waals surface area contributed by atoms with Gasteiger partial charge in [0.05, 0.1) is 19.4 Å². The van der Waals surface area contributed by atoms with Crippen LogP contribution in [0, 0.1) is 5.41 Å². The van der Waals surface area contributed by atoms with E-state index in [9.17, 15) is 9.59 Å². The Morgan fingerprint density at radius 3 is 2.17 bits per heavy atom. The third kappa shape index (κ3) is 3.69. The number of Topliss-reactive ketones (excluding diaryl/α,β-unsaturated/α-hetero) is 1. The van der Waals surface area contributed by atoms with E-state index in [0.717, 1.165) is 5.56 Å². The Balaban J connectivity index is 3.04. The molecule has 98 valence electrons. The zero-order valence-electron chi connectivity index (χ0n) is 11.4. The van der Waals surface area contributed by atoms with E-state index < -0.39 is 11.3 Å². The second-order valence-corrected chi connectivity index (χ2v) is 5.36. The van der Waals surface area contributed by atoms with E-state index in [-0.39, 0.29) is 18.2 Å². The minimum atomic E-state index is -0.478. The Kier molecular flexibility index (Phi) is 4.65. The maximum atomic E-state index is 12.4. The van der Waals surface area contributed by atoms with Gasteiger partial charge in [-0.15, -0.1) is 0 Å². The van der Waals surface area contributed by atoms with Gasteiger partial charge in [0.2, 0.25) is 0 Å². The molecule has 0 fully saturated rings. The lowest BCUT2D eigenvalue weighted by Crippen LogP contribution is -2.28. The van der Waals surface area contributed by atoms with E-state index in [1.165, 1.54) is 7.11 Å². The van der Waals surface area contributed by atoms with Crippen LogP contribution in [0.1, 0.15) is 38.7 Å². The molecular weight excluding hydrogens is 228 g/mol. The standard InChI is InChI=1S/C15H20O3/c1-15(2,3)14(17)12(10-13(16)18-4)11-8-6-5-7-9-11/h5-9,12H,10H2,1-4H3/t12-/m1/s1. The topological polar surface area (TPSA) is 43.4 Å². The van der Waals surface area contributed by atoms with Crippen LogP contribution in [0.25, 0.3) is 0 Å².